The van der Waals surface area contributed by atoms with Gasteiger partial charge < -0.3 is 15.0 Å². The Kier molecular flexibility index (Phi) is 6.37. The van der Waals surface area contributed by atoms with Crippen molar-refractivity contribution in [2.75, 3.05) is 23.4 Å². The van der Waals surface area contributed by atoms with Gasteiger partial charge in [-0.1, -0.05) is 11.6 Å². The summed E-state index contributed by atoms with van der Waals surface area (Å²) in [7, 11) is 0. The predicted molar refractivity (Wildman–Crippen MR) is 113 cm³/mol. The molecule has 160 valence electrons. The Morgan fingerprint density at radius 3 is 2.84 bits per heavy atom. The molecule has 1 aliphatic rings. The van der Waals surface area contributed by atoms with Crippen LogP contribution in [0.2, 0.25) is 5.02 Å². The molecule has 1 aliphatic heterocycles. The summed E-state index contributed by atoms with van der Waals surface area (Å²) in [5.41, 5.74) is 1.01. The molecule has 1 amide bonds. The Balaban J connectivity index is 1.40. The van der Waals surface area contributed by atoms with Gasteiger partial charge in [-0.15, -0.1) is 0 Å². The summed E-state index contributed by atoms with van der Waals surface area (Å²) < 4.78 is 6.81. The van der Waals surface area contributed by atoms with Crippen molar-refractivity contribution >= 4 is 35.1 Å². The number of halogens is 1. The van der Waals surface area contributed by atoms with Gasteiger partial charge >= 0.3 is 5.97 Å². The predicted octanol–water partition coefficient (Wildman–Crippen LogP) is 2.25. The minimum absolute atomic E-state index is 0.427. The van der Waals surface area contributed by atoms with E-state index in [-0.39, 0.29) is 0 Å². The second kappa shape index (κ2) is 9.52. The van der Waals surface area contributed by atoms with Crippen LogP contribution in [0.4, 0.5) is 11.6 Å². The minimum Gasteiger partial charge on any atom is -0.454 e. The fourth-order valence-corrected chi connectivity index (χ4v) is 3.59. The standard InChI is InChI=1S/C20H20ClN7O3/c21-14-5-6-16(28-13-22-12-25-28)15(10-14)26-18(29)11-31-19(30)17-4-1-2-9-27(17)20-23-7-3-8-24-20/h3,5-8,10,12-13,17H,1-2,4,9,11H2,(H,26,29). The quantitative estimate of drug-likeness (QED) is 0.579. The molecule has 11 heteroatoms. The molecule has 1 saturated heterocycles. The first-order valence-electron chi connectivity index (χ1n) is 9.76. The van der Waals surface area contributed by atoms with Crippen LogP contribution in [0.3, 0.4) is 0 Å². The largest absolute Gasteiger partial charge is 0.454 e. The van der Waals surface area contributed by atoms with Crippen LogP contribution in [-0.4, -0.2) is 55.8 Å². The maximum atomic E-state index is 12.7. The second-order valence-corrected chi connectivity index (χ2v) is 7.35. The minimum atomic E-state index is -0.527. The fraction of sp³-hybridized carbons (Fsp3) is 0.300. The molecule has 1 unspecified atom stereocenters. The number of piperidine rings is 1. The van der Waals surface area contributed by atoms with E-state index in [1.54, 1.807) is 36.7 Å². The lowest BCUT2D eigenvalue weighted by molar-refractivity contribution is -0.149. The highest BCUT2D eigenvalue weighted by Crippen LogP contribution is 2.24. The monoisotopic (exact) mass is 441 g/mol. The Labute approximate surface area is 183 Å². The van der Waals surface area contributed by atoms with Gasteiger partial charge in [-0.3, -0.25) is 4.79 Å². The summed E-state index contributed by atoms with van der Waals surface area (Å²) in [5, 5.41) is 7.22. The zero-order chi connectivity index (χ0) is 21.6. The van der Waals surface area contributed by atoms with Gasteiger partial charge in [0.05, 0.1) is 11.4 Å². The highest BCUT2D eigenvalue weighted by molar-refractivity contribution is 6.31. The van der Waals surface area contributed by atoms with Crippen LogP contribution >= 0.6 is 11.6 Å². The van der Waals surface area contributed by atoms with E-state index >= 15 is 0 Å². The van der Waals surface area contributed by atoms with Gasteiger partial charge in [0, 0.05) is 24.0 Å². The highest BCUT2D eigenvalue weighted by Gasteiger charge is 2.32. The summed E-state index contributed by atoms with van der Waals surface area (Å²) in [6.07, 6.45) is 8.58. The lowest BCUT2D eigenvalue weighted by Crippen LogP contribution is -2.47. The van der Waals surface area contributed by atoms with Gasteiger partial charge in [0.15, 0.2) is 6.61 Å². The van der Waals surface area contributed by atoms with Crippen molar-refractivity contribution in [3.63, 3.8) is 0 Å². The molecule has 0 saturated carbocycles. The molecule has 3 heterocycles. The normalized spacial score (nSPS) is 16.0. The summed E-state index contributed by atoms with van der Waals surface area (Å²) >= 11 is 6.07. The van der Waals surface area contributed by atoms with E-state index in [2.05, 4.69) is 25.4 Å². The fourth-order valence-electron chi connectivity index (χ4n) is 3.42. The molecule has 2 aromatic heterocycles. The van der Waals surface area contributed by atoms with Crippen LogP contribution in [0, 0.1) is 0 Å². The summed E-state index contributed by atoms with van der Waals surface area (Å²) in [6, 6.07) is 6.17. The summed E-state index contributed by atoms with van der Waals surface area (Å²) in [6.45, 7) is 0.224. The van der Waals surface area contributed by atoms with Gasteiger partial charge in [0.2, 0.25) is 5.95 Å². The Morgan fingerprint density at radius 1 is 1.23 bits per heavy atom. The third kappa shape index (κ3) is 4.97. The number of anilines is 2. The topological polar surface area (TPSA) is 115 Å². The summed E-state index contributed by atoms with van der Waals surface area (Å²) in [4.78, 5) is 39.4. The lowest BCUT2D eigenvalue weighted by atomic mass is 10.0. The first kappa shape index (κ1) is 20.7. The first-order valence-corrected chi connectivity index (χ1v) is 10.1. The van der Waals surface area contributed by atoms with Gasteiger partial charge in [0.1, 0.15) is 18.7 Å². The van der Waals surface area contributed by atoms with Crippen molar-refractivity contribution in [2.45, 2.75) is 25.3 Å². The Bertz CT molecular complexity index is 1050. The zero-order valence-corrected chi connectivity index (χ0v) is 17.3. The van der Waals surface area contributed by atoms with Crippen molar-refractivity contribution in [2.24, 2.45) is 0 Å². The molecular weight excluding hydrogens is 422 g/mol. The number of aromatic nitrogens is 5. The molecule has 1 aromatic carbocycles. The molecule has 3 aromatic rings. The third-order valence-electron chi connectivity index (χ3n) is 4.83. The maximum Gasteiger partial charge on any atom is 0.329 e. The maximum absolute atomic E-state index is 12.7. The molecule has 0 radical (unpaired) electrons. The molecule has 10 nitrogen and oxygen atoms in total. The number of carbonyl (C=O) groups excluding carboxylic acids is 2. The van der Waals surface area contributed by atoms with Crippen molar-refractivity contribution in [1.82, 2.24) is 24.7 Å². The smallest absolute Gasteiger partial charge is 0.329 e. The molecule has 4 rings (SSSR count). The van der Waals surface area contributed by atoms with Crippen LogP contribution < -0.4 is 10.2 Å². The number of amides is 1. The number of hydrogen-bond acceptors (Lipinski definition) is 8. The SMILES string of the molecule is O=C(COC(=O)C1CCCCN1c1ncccn1)Nc1cc(Cl)ccc1-n1cncn1. The Morgan fingerprint density at radius 2 is 2.06 bits per heavy atom. The average molecular weight is 442 g/mol. The number of esters is 1. The van der Waals surface area contributed by atoms with E-state index < -0.39 is 24.5 Å². The van der Waals surface area contributed by atoms with Gasteiger partial charge in [-0.05, 0) is 43.5 Å². The summed E-state index contributed by atoms with van der Waals surface area (Å²) in [5.74, 6) is -0.495. The van der Waals surface area contributed by atoms with Gasteiger partial charge in [0.25, 0.3) is 5.91 Å². The highest BCUT2D eigenvalue weighted by atomic mass is 35.5. The zero-order valence-electron chi connectivity index (χ0n) is 16.5. The molecule has 1 atom stereocenters. The van der Waals surface area contributed by atoms with Gasteiger partial charge in [-0.2, -0.15) is 5.10 Å². The molecule has 31 heavy (non-hydrogen) atoms. The van der Waals surface area contributed by atoms with E-state index in [1.807, 2.05) is 4.90 Å². The van der Waals surface area contributed by atoms with E-state index in [0.717, 1.165) is 12.8 Å². The number of nitrogens with zero attached hydrogens (tertiary/aromatic N) is 6. The van der Waals surface area contributed by atoms with E-state index in [1.165, 1.54) is 17.3 Å². The molecule has 1 N–H and O–H groups in total. The van der Waals surface area contributed by atoms with Crippen molar-refractivity contribution < 1.29 is 14.3 Å². The molecule has 1 fully saturated rings. The second-order valence-electron chi connectivity index (χ2n) is 6.91. The van der Waals surface area contributed by atoms with E-state index in [4.69, 9.17) is 16.3 Å². The number of ether oxygens (including phenoxy) is 1. The molecular formula is C20H20ClN7O3. The van der Waals surface area contributed by atoms with Crippen LogP contribution in [0.5, 0.6) is 0 Å². The number of hydrogen-bond donors (Lipinski definition) is 1. The van der Waals surface area contributed by atoms with Crippen LogP contribution in [-0.2, 0) is 14.3 Å². The molecule has 0 aliphatic carbocycles. The van der Waals surface area contributed by atoms with Gasteiger partial charge in [-0.25, -0.2) is 24.4 Å². The third-order valence-corrected chi connectivity index (χ3v) is 5.06. The number of carbonyl (C=O) groups is 2. The number of benzene rings is 1. The van der Waals surface area contributed by atoms with E-state index in [0.29, 0.717) is 35.3 Å². The van der Waals surface area contributed by atoms with Crippen LogP contribution in [0.1, 0.15) is 19.3 Å². The van der Waals surface area contributed by atoms with Crippen molar-refractivity contribution in [3.8, 4) is 5.69 Å². The molecule has 0 bridgehead atoms. The average Bonchev–Trinajstić information content (AvgIpc) is 3.33. The van der Waals surface area contributed by atoms with Crippen LogP contribution in [0.15, 0.2) is 49.3 Å². The lowest BCUT2D eigenvalue weighted by Gasteiger charge is -2.33. The van der Waals surface area contributed by atoms with Crippen LogP contribution in [0.25, 0.3) is 5.69 Å². The number of rotatable bonds is 6. The Hall–Kier alpha value is -3.53. The molecule has 0 spiro atoms. The van der Waals surface area contributed by atoms with Crippen molar-refractivity contribution in [1.29, 1.82) is 0 Å². The number of nitrogens with one attached hydrogen (secondary N) is 1. The first-order chi connectivity index (χ1) is 15.1. The van der Waals surface area contributed by atoms with E-state index in [9.17, 15) is 9.59 Å². The van der Waals surface area contributed by atoms with Crippen molar-refractivity contribution in [3.05, 3.63) is 54.3 Å².